The predicted octanol–water partition coefficient (Wildman–Crippen LogP) is 3.71. The SMILES string of the molecule is CC(C)(C)CC(=O)NCC(=O)N1N=C(c2cccs2)C[C@H]1c1ccc2c(c1)OCO2. The van der Waals surface area contributed by atoms with E-state index in [4.69, 9.17) is 9.47 Å². The van der Waals surface area contributed by atoms with Gasteiger partial charge in [0, 0.05) is 12.8 Å². The van der Waals surface area contributed by atoms with Gasteiger partial charge < -0.3 is 14.8 Å². The Kier molecular flexibility index (Phi) is 5.51. The van der Waals surface area contributed by atoms with E-state index in [0.29, 0.717) is 24.3 Å². The van der Waals surface area contributed by atoms with E-state index >= 15 is 0 Å². The molecule has 0 unspecified atom stereocenters. The van der Waals surface area contributed by atoms with Gasteiger partial charge in [-0.25, -0.2) is 5.01 Å². The number of hydrazone groups is 1. The number of amides is 2. The molecule has 0 fully saturated rings. The molecule has 30 heavy (non-hydrogen) atoms. The number of rotatable bonds is 5. The smallest absolute Gasteiger partial charge is 0.262 e. The topological polar surface area (TPSA) is 80.2 Å². The van der Waals surface area contributed by atoms with Crippen molar-refractivity contribution in [1.82, 2.24) is 10.3 Å². The Bertz CT molecular complexity index is 979. The number of nitrogens with one attached hydrogen (secondary N) is 1. The van der Waals surface area contributed by atoms with Crippen LogP contribution >= 0.6 is 11.3 Å². The minimum Gasteiger partial charge on any atom is -0.454 e. The van der Waals surface area contributed by atoms with Crippen molar-refractivity contribution >= 4 is 28.9 Å². The summed E-state index contributed by atoms with van der Waals surface area (Å²) in [5.74, 6) is 0.982. The van der Waals surface area contributed by atoms with Gasteiger partial charge in [0.2, 0.25) is 12.7 Å². The van der Waals surface area contributed by atoms with Crippen molar-refractivity contribution in [2.75, 3.05) is 13.3 Å². The second-order valence-corrected chi connectivity index (χ2v) is 9.56. The maximum atomic E-state index is 13.0. The average Bonchev–Trinajstić information content (AvgIpc) is 3.43. The van der Waals surface area contributed by atoms with Gasteiger partial charge in [0.1, 0.15) is 0 Å². The molecule has 2 aromatic rings. The standard InChI is InChI=1S/C22H25N3O4S/c1-22(2,3)11-20(26)23-12-21(27)25-16(10-15(24-25)19-5-4-8-30-19)14-6-7-17-18(9-14)29-13-28-17/h4-9,16H,10-13H2,1-3H3,(H,23,26)/t16-/m0/s1. The Labute approximate surface area is 179 Å². The maximum absolute atomic E-state index is 13.0. The predicted molar refractivity (Wildman–Crippen MR) is 115 cm³/mol. The lowest BCUT2D eigenvalue weighted by molar-refractivity contribution is -0.134. The van der Waals surface area contributed by atoms with Crippen LogP contribution in [0.3, 0.4) is 0 Å². The lowest BCUT2D eigenvalue weighted by Crippen LogP contribution is -2.38. The molecule has 2 aliphatic heterocycles. The molecule has 0 bridgehead atoms. The van der Waals surface area contributed by atoms with Crippen LogP contribution in [0.15, 0.2) is 40.8 Å². The molecule has 2 amide bonds. The molecule has 0 saturated heterocycles. The lowest BCUT2D eigenvalue weighted by atomic mass is 9.92. The fraction of sp³-hybridized carbons (Fsp3) is 0.409. The van der Waals surface area contributed by atoms with Crippen LogP contribution in [0.1, 0.15) is 50.1 Å². The molecule has 7 nitrogen and oxygen atoms in total. The van der Waals surface area contributed by atoms with Crippen LogP contribution in [0.25, 0.3) is 0 Å². The van der Waals surface area contributed by atoms with Crippen molar-refractivity contribution in [1.29, 1.82) is 0 Å². The van der Waals surface area contributed by atoms with Crippen LogP contribution in [0.2, 0.25) is 0 Å². The first-order valence-electron chi connectivity index (χ1n) is 9.90. The van der Waals surface area contributed by atoms with Gasteiger partial charge >= 0.3 is 0 Å². The molecule has 0 saturated carbocycles. The van der Waals surface area contributed by atoms with Crippen molar-refractivity contribution in [2.24, 2.45) is 10.5 Å². The van der Waals surface area contributed by atoms with Crippen molar-refractivity contribution in [3.05, 3.63) is 46.2 Å². The first-order valence-corrected chi connectivity index (χ1v) is 10.8. The van der Waals surface area contributed by atoms with E-state index in [-0.39, 0.29) is 36.6 Å². The van der Waals surface area contributed by atoms with Crippen LogP contribution in [0.5, 0.6) is 11.5 Å². The molecule has 1 aromatic heterocycles. The molecule has 0 aliphatic carbocycles. The molecular formula is C22H25N3O4S. The second-order valence-electron chi connectivity index (χ2n) is 8.61. The number of benzene rings is 1. The number of carbonyl (C=O) groups excluding carboxylic acids is 2. The maximum Gasteiger partial charge on any atom is 0.262 e. The number of ether oxygens (including phenoxy) is 2. The fourth-order valence-electron chi connectivity index (χ4n) is 3.51. The van der Waals surface area contributed by atoms with E-state index in [1.165, 1.54) is 5.01 Å². The van der Waals surface area contributed by atoms with Gasteiger partial charge in [0.15, 0.2) is 11.5 Å². The molecular weight excluding hydrogens is 402 g/mol. The van der Waals surface area contributed by atoms with Gasteiger partial charge in [0.25, 0.3) is 5.91 Å². The molecule has 1 N–H and O–H groups in total. The summed E-state index contributed by atoms with van der Waals surface area (Å²) in [5.41, 5.74) is 1.64. The first kappa shape index (κ1) is 20.4. The zero-order valence-electron chi connectivity index (χ0n) is 17.3. The third-order valence-corrected chi connectivity index (χ3v) is 5.80. The summed E-state index contributed by atoms with van der Waals surface area (Å²) in [5, 5.41) is 10.8. The van der Waals surface area contributed by atoms with Crippen LogP contribution in [-0.2, 0) is 9.59 Å². The molecule has 158 valence electrons. The molecule has 8 heteroatoms. The number of fused-ring (bicyclic) bond motifs is 1. The van der Waals surface area contributed by atoms with E-state index in [0.717, 1.165) is 16.2 Å². The minimum absolute atomic E-state index is 0.0861. The van der Waals surface area contributed by atoms with E-state index in [1.54, 1.807) is 11.3 Å². The summed E-state index contributed by atoms with van der Waals surface area (Å²) in [6, 6.07) is 9.40. The summed E-state index contributed by atoms with van der Waals surface area (Å²) >= 11 is 1.59. The second kappa shape index (κ2) is 8.10. The Morgan fingerprint density at radius 3 is 2.77 bits per heavy atom. The highest BCUT2D eigenvalue weighted by atomic mass is 32.1. The Balaban J connectivity index is 1.53. The van der Waals surface area contributed by atoms with E-state index < -0.39 is 0 Å². The summed E-state index contributed by atoms with van der Waals surface area (Å²) in [6.45, 7) is 6.08. The van der Waals surface area contributed by atoms with Crippen molar-refractivity contribution in [2.45, 2.75) is 39.7 Å². The summed E-state index contributed by atoms with van der Waals surface area (Å²) in [4.78, 5) is 26.2. The summed E-state index contributed by atoms with van der Waals surface area (Å²) in [7, 11) is 0. The zero-order chi connectivity index (χ0) is 21.3. The van der Waals surface area contributed by atoms with Gasteiger partial charge in [-0.2, -0.15) is 5.10 Å². The lowest BCUT2D eigenvalue weighted by Gasteiger charge is -2.23. The van der Waals surface area contributed by atoms with Crippen LogP contribution < -0.4 is 14.8 Å². The van der Waals surface area contributed by atoms with Crippen molar-refractivity contribution < 1.29 is 19.1 Å². The molecule has 0 spiro atoms. The van der Waals surface area contributed by atoms with Gasteiger partial charge in [-0.1, -0.05) is 32.9 Å². The third kappa shape index (κ3) is 4.48. The number of hydrogen-bond acceptors (Lipinski definition) is 6. The van der Waals surface area contributed by atoms with E-state index in [1.807, 2.05) is 56.5 Å². The van der Waals surface area contributed by atoms with Gasteiger partial charge in [-0.05, 0) is 34.6 Å². The Morgan fingerprint density at radius 1 is 1.23 bits per heavy atom. The third-order valence-electron chi connectivity index (χ3n) is 4.88. The summed E-state index contributed by atoms with van der Waals surface area (Å²) < 4.78 is 10.9. The molecule has 4 rings (SSSR count). The largest absolute Gasteiger partial charge is 0.454 e. The highest BCUT2D eigenvalue weighted by molar-refractivity contribution is 7.12. The van der Waals surface area contributed by atoms with Gasteiger partial charge in [0.05, 0.1) is 23.2 Å². The van der Waals surface area contributed by atoms with Crippen LogP contribution in [0.4, 0.5) is 0 Å². The molecule has 3 heterocycles. The monoisotopic (exact) mass is 427 g/mol. The molecule has 1 aromatic carbocycles. The average molecular weight is 428 g/mol. The van der Waals surface area contributed by atoms with E-state index in [2.05, 4.69) is 10.4 Å². The Hall–Kier alpha value is -2.87. The zero-order valence-corrected chi connectivity index (χ0v) is 18.1. The van der Waals surface area contributed by atoms with Crippen LogP contribution in [-0.4, -0.2) is 35.9 Å². The van der Waals surface area contributed by atoms with E-state index in [9.17, 15) is 9.59 Å². The number of thiophene rings is 1. The first-order chi connectivity index (χ1) is 14.3. The normalized spacial score (nSPS) is 17.8. The fourth-order valence-corrected chi connectivity index (χ4v) is 4.23. The number of nitrogens with zero attached hydrogens (tertiary/aromatic N) is 2. The Morgan fingerprint density at radius 2 is 2.03 bits per heavy atom. The quantitative estimate of drug-likeness (QED) is 0.789. The molecule has 1 atom stereocenters. The summed E-state index contributed by atoms with van der Waals surface area (Å²) in [6.07, 6.45) is 0.956. The molecule has 2 aliphatic rings. The van der Waals surface area contributed by atoms with Crippen molar-refractivity contribution in [3.8, 4) is 11.5 Å². The number of hydrogen-bond donors (Lipinski definition) is 1. The van der Waals surface area contributed by atoms with Crippen LogP contribution in [0, 0.1) is 5.41 Å². The highest BCUT2D eigenvalue weighted by Crippen LogP contribution is 2.39. The highest BCUT2D eigenvalue weighted by Gasteiger charge is 2.34. The number of carbonyl (C=O) groups is 2. The van der Waals surface area contributed by atoms with Gasteiger partial charge in [-0.3, -0.25) is 9.59 Å². The van der Waals surface area contributed by atoms with Gasteiger partial charge in [-0.15, -0.1) is 11.3 Å². The molecule has 0 radical (unpaired) electrons. The minimum atomic E-state index is -0.261. The van der Waals surface area contributed by atoms with Crippen molar-refractivity contribution in [3.63, 3.8) is 0 Å².